The summed E-state index contributed by atoms with van der Waals surface area (Å²) in [6.07, 6.45) is 1.00. The van der Waals surface area contributed by atoms with Gasteiger partial charge >= 0.3 is 11.9 Å². The summed E-state index contributed by atoms with van der Waals surface area (Å²) < 4.78 is 9.97. The highest BCUT2D eigenvalue weighted by Gasteiger charge is 2.11. The van der Waals surface area contributed by atoms with E-state index >= 15 is 0 Å². The SMILES string of the molecule is C=COC(C)COC(=O)c1ccc(C(=O)O)cc1. The van der Waals surface area contributed by atoms with E-state index in [0.29, 0.717) is 5.56 Å². The van der Waals surface area contributed by atoms with Crippen molar-refractivity contribution in [2.24, 2.45) is 0 Å². The van der Waals surface area contributed by atoms with Crippen LogP contribution in [0.5, 0.6) is 0 Å². The summed E-state index contributed by atoms with van der Waals surface area (Å²) in [6, 6.07) is 5.51. The van der Waals surface area contributed by atoms with E-state index in [1.165, 1.54) is 30.5 Å². The third kappa shape index (κ3) is 3.93. The minimum atomic E-state index is -1.04. The Morgan fingerprint density at radius 3 is 2.39 bits per heavy atom. The number of benzene rings is 1. The van der Waals surface area contributed by atoms with Crippen molar-refractivity contribution in [3.63, 3.8) is 0 Å². The molecule has 0 radical (unpaired) electrons. The molecule has 0 fully saturated rings. The fourth-order valence-electron chi connectivity index (χ4n) is 1.23. The van der Waals surface area contributed by atoms with Gasteiger partial charge in [0.2, 0.25) is 0 Å². The van der Waals surface area contributed by atoms with Crippen molar-refractivity contribution in [3.05, 3.63) is 48.2 Å². The zero-order valence-corrected chi connectivity index (χ0v) is 9.96. The van der Waals surface area contributed by atoms with Crippen molar-refractivity contribution >= 4 is 11.9 Å². The van der Waals surface area contributed by atoms with Crippen LogP contribution in [0.1, 0.15) is 27.6 Å². The van der Waals surface area contributed by atoms with Crippen LogP contribution in [-0.4, -0.2) is 29.8 Å². The van der Waals surface area contributed by atoms with Gasteiger partial charge in [0.15, 0.2) is 0 Å². The zero-order valence-electron chi connectivity index (χ0n) is 9.96. The van der Waals surface area contributed by atoms with Crippen LogP contribution in [0.2, 0.25) is 0 Å². The lowest BCUT2D eigenvalue weighted by Gasteiger charge is -2.11. The minimum absolute atomic E-state index is 0.103. The van der Waals surface area contributed by atoms with Gasteiger partial charge in [-0.25, -0.2) is 9.59 Å². The summed E-state index contributed by atoms with van der Waals surface area (Å²) in [5.74, 6) is -1.56. The quantitative estimate of drug-likeness (QED) is 0.618. The van der Waals surface area contributed by atoms with Gasteiger partial charge in [0, 0.05) is 0 Å². The highest BCUT2D eigenvalue weighted by Crippen LogP contribution is 2.06. The van der Waals surface area contributed by atoms with Gasteiger partial charge < -0.3 is 14.6 Å². The summed E-state index contributed by atoms with van der Waals surface area (Å²) in [4.78, 5) is 22.2. The second-order valence-corrected chi connectivity index (χ2v) is 3.59. The highest BCUT2D eigenvalue weighted by atomic mass is 16.6. The Hall–Kier alpha value is -2.30. The number of rotatable bonds is 6. The van der Waals surface area contributed by atoms with E-state index < -0.39 is 11.9 Å². The lowest BCUT2D eigenvalue weighted by molar-refractivity contribution is 0.0261. The monoisotopic (exact) mass is 250 g/mol. The molecule has 0 aliphatic heterocycles. The van der Waals surface area contributed by atoms with E-state index in [1.54, 1.807) is 6.92 Å². The number of hydrogen-bond donors (Lipinski definition) is 1. The van der Waals surface area contributed by atoms with Crippen molar-refractivity contribution in [2.75, 3.05) is 6.61 Å². The number of carbonyl (C=O) groups excluding carboxylic acids is 1. The zero-order chi connectivity index (χ0) is 13.5. The number of esters is 1. The lowest BCUT2D eigenvalue weighted by Crippen LogP contribution is -2.17. The molecule has 0 aliphatic rings. The summed E-state index contributed by atoms with van der Waals surface area (Å²) in [6.45, 7) is 5.24. The second kappa shape index (κ2) is 6.44. The molecular formula is C13H14O5. The topological polar surface area (TPSA) is 72.8 Å². The summed E-state index contributed by atoms with van der Waals surface area (Å²) >= 11 is 0. The number of carboxylic acid groups (broad SMARTS) is 1. The Morgan fingerprint density at radius 1 is 1.33 bits per heavy atom. The molecule has 0 spiro atoms. The van der Waals surface area contributed by atoms with Gasteiger partial charge in [-0.1, -0.05) is 6.58 Å². The van der Waals surface area contributed by atoms with E-state index in [4.69, 9.17) is 14.6 Å². The van der Waals surface area contributed by atoms with Crippen molar-refractivity contribution in [3.8, 4) is 0 Å². The van der Waals surface area contributed by atoms with E-state index in [1.807, 2.05) is 0 Å². The molecule has 1 atom stereocenters. The molecule has 0 saturated carbocycles. The summed E-state index contributed by atoms with van der Waals surface area (Å²) in [5, 5.41) is 8.71. The van der Waals surface area contributed by atoms with E-state index in [9.17, 15) is 9.59 Å². The first-order valence-corrected chi connectivity index (χ1v) is 5.31. The maximum Gasteiger partial charge on any atom is 0.338 e. The number of ether oxygens (including phenoxy) is 2. The molecular weight excluding hydrogens is 236 g/mol. The van der Waals surface area contributed by atoms with Crippen LogP contribution in [0.25, 0.3) is 0 Å². The Balaban J connectivity index is 2.56. The standard InChI is InChI=1S/C13H14O5/c1-3-17-9(2)8-18-13(16)11-6-4-10(5-7-11)12(14)15/h3-7,9H,1,8H2,2H3,(H,14,15). The first-order valence-electron chi connectivity index (χ1n) is 5.31. The molecule has 1 unspecified atom stereocenters. The van der Waals surface area contributed by atoms with Crippen LogP contribution < -0.4 is 0 Å². The molecule has 5 nitrogen and oxygen atoms in total. The van der Waals surface area contributed by atoms with Crippen molar-refractivity contribution in [1.29, 1.82) is 0 Å². The van der Waals surface area contributed by atoms with Crippen LogP contribution >= 0.6 is 0 Å². The molecule has 1 aromatic carbocycles. The molecule has 96 valence electrons. The maximum absolute atomic E-state index is 11.6. The van der Waals surface area contributed by atoms with Crippen molar-refractivity contribution in [1.82, 2.24) is 0 Å². The van der Waals surface area contributed by atoms with Gasteiger partial charge in [-0.15, -0.1) is 0 Å². The molecule has 0 saturated heterocycles. The minimum Gasteiger partial charge on any atom is -0.495 e. The Labute approximate surface area is 105 Å². The van der Waals surface area contributed by atoms with Gasteiger partial charge in [0.25, 0.3) is 0 Å². The first-order chi connectivity index (χ1) is 8.54. The van der Waals surface area contributed by atoms with Gasteiger partial charge in [0.1, 0.15) is 12.7 Å². The normalized spacial score (nSPS) is 11.4. The average molecular weight is 250 g/mol. The number of carbonyl (C=O) groups is 2. The first kappa shape index (κ1) is 13.8. The number of aromatic carboxylic acids is 1. The van der Waals surface area contributed by atoms with Crippen LogP contribution in [0.3, 0.4) is 0 Å². The van der Waals surface area contributed by atoms with Crippen molar-refractivity contribution in [2.45, 2.75) is 13.0 Å². The molecule has 18 heavy (non-hydrogen) atoms. The van der Waals surface area contributed by atoms with Gasteiger partial charge in [0.05, 0.1) is 17.4 Å². The smallest absolute Gasteiger partial charge is 0.338 e. The third-order valence-corrected chi connectivity index (χ3v) is 2.15. The van der Waals surface area contributed by atoms with Crippen molar-refractivity contribution < 1.29 is 24.2 Å². The van der Waals surface area contributed by atoms with E-state index in [0.717, 1.165) is 0 Å². The molecule has 5 heteroatoms. The number of carboxylic acids is 1. The fourth-order valence-corrected chi connectivity index (χ4v) is 1.23. The largest absolute Gasteiger partial charge is 0.495 e. The molecule has 0 amide bonds. The van der Waals surface area contributed by atoms with Crippen LogP contribution in [0, 0.1) is 0 Å². The molecule has 1 aromatic rings. The third-order valence-electron chi connectivity index (χ3n) is 2.15. The number of hydrogen-bond acceptors (Lipinski definition) is 4. The Bertz CT molecular complexity index is 435. The molecule has 1 N–H and O–H groups in total. The molecule has 0 bridgehead atoms. The summed E-state index contributed by atoms with van der Waals surface area (Å²) in [5.41, 5.74) is 0.417. The van der Waals surface area contributed by atoms with E-state index in [2.05, 4.69) is 6.58 Å². The molecule has 0 heterocycles. The fraction of sp³-hybridized carbons (Fsp3) is 0.231. The average Bonchev–Trinajstić information content (AvgIpc) is 2.36. The van der Waals surface area contributed by atoms with Crippen LogP contribution in [-0.2, 0) is 9.47 Å². The Kier molecular flexibility index (Phi) is 4.92. The lowest BCUT2D eigenvalue weighted by atomic mass is 10.1. The Morgan fingerprint density at radius 2 is 1.89 bits per heavy atom. The van der Waals surface area contributed by atoms with Gasteiger partial charge in [-0.05, 0) is 31.2 Å². The van der Waals surface area contributed by atoms with Crippen LogP contribution in [0.4, 0.5) is 0 Å². The van der Waals surface area contributed by atoms with Crippen LogP contribution in [0.15, 0.2) is 37.1 Å². The highest BCUT2D eigenvalue weighted by molar-refractivity contribution is 5.92. The molecule has 1 rings (SSSR count). The van der Waals surface area contributed by atoms with Gasteiger partial charge in [-0.3, -0.25) is 0 Å². The molecule has 0 aliphatic carbocycles. The maximum atomic E-state index is 11.6. The molecule has 0 aromatic heterocycles. The predicted octanol–water partition coefficient (Wildman–Crippen LogP) is 2.09. The second-order valence-electron chi connectivity index (χ2n) is 3.59. The summed E-state index contributed by atoms with van der Waals surface area (Å²) in [7, 11) is 0. The predicted molar refractivity (Wildman–Crippen MR) is 64.4 cm³/mol. The van der Waals surface area contributed by atoms with Gasteiger partial charge in [-0.2, -0.15) is 0 Å². The van der Waals surface area contributed by atoms with E-state index in [-0.39, 0.29) is 18.3 Å².